The highest BCUT2D eigenvalue weighted by Crippen LogP contribution is 2.59. The van der Waals surface area contributed by atoms with E-state index in [2.05, 4.69) is 30.9 Å². The molecule has 0 aromatic heterocycles. The topological polar surface area (TPSA) is 63.9 Å². The highest BCUT2D eigenvalue weighted by molar-refractivity contribution is 5.26. The molecule has 4 fully saturated rings. The molecule has 4 heteroatoms. The molecule has 4 nitrogen and oxygen atoms in total. The number of rotatable bonds is 5. The van der Waals surface area contributed by atoms with Crippen LogP contribution in [0.5, 0.6) is 0 Å². The van der Waals surface area contributed by atoms with Gasteiger partial charge in [0.15, 0.2) is 0 Å². The number of allylic oxidation sites excluding steroid dienone is 3. The van der Waals surface area contributed by atoms with Gasteiger partial charge in [-0.3, -0.25) is 4.90 Å². The second-order valence-corrected chi connectivity index (χ2v) is 12.4. The summed E-state index contributed by atoms with van der Waals surface area (Å²) in [6.45, 7) is 11.2. The SMILES string of the molecule is CC(CN1CCCC1C(C)(C)O)[C@H]1CC[C@H]2C(=CC=C3C[C@@H](O)C[C@H](O)C3)CCC[C@]12C. The van der Waals surface area contributed by atoms with Gasteiger partial charge in [0.2, 0.25) is 0 Å². The lowest BCUT2D eigenvalue weighted by atomic mass is 9.61. The average molecular weight is 446 g/mol. The van der Waals surface area contributed by atoms with Gasteiger partial charge >= 0.3 is 0 Å². The van der Waals surface area contributed by atoms with Crippen molar-refractivity contribution in [3.05, 3.63) is 23.3 Å². The second-order valence-electron chi connectivity index (χ2n) is 12.4. The molecule has 32 heavy (non-hydrogen) atoms. The van der Waals surface area contributed by atoms with E-state index in [4.69, 9.17) is 0 Å². The third-order valence-electron chi connectivity index (χ3n) is 9.50. The van der Waals surface area contributed by atoms with Gasteiger partial charge < -0.3 is 15.3 Å². The minimum atomic E-state index is -0.618. The number of fused-ring (bicyclic) bond motifs is 1. The Kier molecular flexibility index (Phi) is 7.27. The Hall–Kier alpha value is -0.680. The van der Waals surface area contributed by atoms with E-state index in [1.54, 1.807) is 5.57 Å². The van der Waals surface area contributed by atoms with E-state index in [0.717, 1.165) is 25.4 Å². The second kappa shape index (κ2) is 9.52. The molecule has 1 heterocycles. The van der Waals surface area contributed by atoms with Crippen LogP contribution >= 0.6 is 0 Å². The summed E-state index contributed by atoms with van der Waals surface area (Å²) in [6.07, 6.45) is 14.5. The summed E-state index contributed by atoms with van der Waals surface area (Å²) in [5.41, 5.74) is 2.56. The summed E-state index contributed by atoms with van der Waals surface area (Å²) in [5, 5.41) is 30.7. The molecular weight excluding hydrogens is 398 g/mol. The Bertz CT molecular complexity index is 711. The van der Waals surface area contributed by atoms with Gasteiger partial charge in [-0.1, -0.05) is 37.1 Å². The molecule has 0 amide bonds. The molecule has 3 aliphatic carbocycles. The molecule has 0 radical (unpaired) electrons. The first-order valence-electron chi connectivity index (χ1n) is 13.3. The van der Waals surface area contributed by atoms with E-state index in [1.165, 1.54) is 44.1 Å². The zero-order valence-electron chi connectivity index (χ0n) is 20.9. The fourth-order valence-corrected chi connectivity index (χ4v) is 8.09. The minimum absolute atomic E-state index is 0.296. The van der Waals surface area contributed by atoms with E-state index in [0.29, 0.717) is 42.6 Å². The van der Waals surface area contributed by atoms with Gasteiger partial charge in [-0.15, -0.1) is 0 Å². The first-order valence-corrected chi connectivity index (χ1v) is 13.3. The number of likely N-dealkylation sites (tertiary alicyclic amines) is 1. The summed E-state index contributed by atoms with van der Waals surface area (Å²) >= 11 is 0. The minimum Gasteiger partial charge on any atom is -0.393 e. The van der Waals surface area contributed by atoms with Gasteiger partial charge in [-0.25, -0.2) is 0 Å². The Morgan fingerprint density at radius 2 is 1.81 bits per heavy atom. The van der Waals surface area contributed by atoms with Crippen LogP contribution in [0.15, 0.2) is 23.3 Å². The molecule has 3 N–H and O–H groups in total. The number of aliphatic hydroxyl groups is 3. The van der Waals surface area contributed by atoms with Crippen LogP contribution in [0.25, 0.3) is 0 Å². The lowest BCUT2D eigenvalue weighted by Gasteiger charge is -2.45. The predicted molar refractivity (Wildman–Crippen MR) is 130 cm³/mol. The molecule has 1 saturated heterocycles. The summed E-state index contributed by atoms with van der Waals surface area (Å²) in [6, 6.07) is 0.296. The van der Waals surface area contributed by atoms with E-state index in [-0.39, 0.29) is 0 Å². The van der Waals surface area contributed by atoms with Gasteiger partial charge in [0, 0.05) is 12.6 Å². The first-order chi connectivity index (χ1) is 15.1. The monoisotopic (exact) mass is 445 g/mol. The largest absolute Gasteiger partial charge is 0.393 e. The summed E-state index contributed by atoms with van der Waals surface area (Å²) in [7, 11) is 0. The van der Waals surface area contributed by atoms with Crippen LogP contribution in [0.1, 0.15) is 91.9 Å². The van der Waals surface area contributed by atoms with E-state index < -0.39 is 17.8 Å². The van der Waals surface area contributed by atoms with Crippen molar-refractivity contribution < 1.29 is 15.3 Å². The van der Waals surface area contributed by atoms with Gasteiger partial charge in [-0.05, 0) is 108 Å². The van der Waals surface area contributed by atoms with Crippen molar-refractivity contribution >= 4 is 0 Å². The molecule has 0 bridgehead atoms. The molecule has 2 unspecified atom stereocenters. The van der Waals surface area contributed by atoms with Crippen LogP contribution in [0.3, 0.4) is 0 Å². The molecule has 0 aromatic carbocycles. The maximum absolute atomic E-state index is 10.7. The van der Waals surface area contributed by atoms with Crippen molar-refractivity contribution in [2.45, 2.75) is 116 Å². The van der Waals surface area contributed by atoms with Crippen molar-refractivity contribution in [1.29, 1.82) is 0 Å². The van der Waals surface area contributed by atoms with Crippen LogP contribution < -0.4 is 0 Å². The Morgan fingerprint density at radius 3 is 2.50 bits per heavy atom. The smallest absolute Gasteiger partial charge is 0.0746 e. The molecule has 1 aliphatic heterocycles. The Morgan fingerprint density at radius 1 is 1.09 bits per heavy atom. The van der Waals surface area contributed by atoms with E-state index in [1.807, 2.05) is 13.8 Å². The third-order valence-corrected chi connectivity index (χ3v) is 9.50. The lowest BCUT2D eigenvalue weighted by Crippen LogP contribution is -2.48. The Labute approximate surface area is 195 Å². The number of hydrogen-bond donors (Lipinski definition) is 3. The van der Waals surface area contributed by atoms with Crippen molar-refractivity contribution in [3.8, 4) is 0 Å². The van der Waals surface area contributed by atoms with Crippen LogP contribution in [0.4, 0.5) is 0 Å². The fourth-order valence-electron chi connectivity index (χ4n) is 8.09. The van der Waals surface area contributed by atoms with Gasteiger partial charge in [0.25, 0.3) is 0 Å². The van der Waals surface area contributed by atoms with E-state index >= 15 is 0 Å². The zero-order valence-corrected chi connectivity index (χ0v) is 20.9. The zero-order chi connectivity index (χ0) is 23.1. The first kappa shape index (κ1) is 24.4. The quantitative estimate of drug-likeness (QED) is 0.567. The van der Waals surface area contributed by atoms with Crippen LogP contribution in [-0.4, -0.2) is 57.2 Å². The molecule has 182 valence electrons. The molecule has 4 aliphatic rings. The van der Waals surface area contributed by atoms with Gasteiger partial charge in [0.1, 0.15) is 0 Å². The molecular formula is C28H47NO3. The molecule has 3 saturated carbocycles. The van der Waals surface area contributed by atoms with Crippen molar-refractivity contribution in [2.75, 3.05) is 13.1 Å². The Balaban J connectivity index is 1.45. The number of aliphatic hydroxyl groups excluding tert-OH is 2. The lowest BCUT2D eigenvalue weighted by molar-refractivity contribution is -0.0143. The maximum Gasteiger partial charge on any atom is 0.0746 e. The summed E-state index contributed by atoms with van der Waals surface area (Å²) in [5.74, 6) is 2.06. The van der Waals surface area contributed by atoms with Crippen molar-refractivity contribution in [2.24, 2.45) is 23.2 Å². The third kappa shape index (κ3) is 5.04. The van der Waals surface area contributed by atoms with Crippen LogP contribution in [-0.2, 0) is 0 Å². The highest BCUT2D eigenvalue weighted by atomic mass is 16.3. The number of nitrogens with zero attached hydrogens (tertiary/aromatic N) is 1. The van der Waals surface area contributed by atoms with Gasteiger partial charge in [0.05, 0.1) is 17.8 Å². The van der Waals surface area contributed by atoms with E-state index in [9.17, 15) is 15.3 Å². The predicted octanol–water partition coefficient (Wildman–Crippen LogP) is 4.83. The molecule has 4 rings (SSSR count). The standard InChI is InChI=1S/C28H47NO3/c1-19(18-29-14-6-8-26(29)27(2,3)32)24-11-12-25-21(7-5-13-28(24,25)4)10-9-20-15-22(30)17-23(31)16-20/h9-10,19,22-26,30-32H,5-8,11-18H2,1-4H3/t19?,22-,23-,24-,25+,26?,28-/m1/s1. The van der Waals surface area contributed by atoms with Gasteiger partial charge in [-0.2, -0.15) is 0 Å². The van der Waals surface area contributed by atoms with Crippen LogP contribution in [0.2, 0.25) is 0 Å². The average Bonchev–Trinajstić information content (AvgIpc) is 3.29. The van der Waals surface area contributed by atoms with Crippen LogP contribution in [0, 0.1) is 23.2 Å². The summed E-state index contributed by atoms with van der Waals surface area (Å²) in [4.78, 5) is 2.57. The normalized spacial score (nSPS) is 41.2. The maximum atomic E-state index is 10.7. The van der Waals surface area contributed by atoms with Crippen molar-refractivity contribution in [3.63, 3.8) is 0 Å². The molecule has 0 aromatic rings. The highest BCUT2D eigenvalue weighted by Gasteiger charge is 2.51. The summed E-state index contributed by atoms with van der Waals surface area (Å²) < 4.78 is 0. The number of hydrogen-bond acceptors (Lipinski definition) is 4. The molecule has 7 atom stereocenters. The molecule has 0 spiro atoms. The fraction of sp³-hybridized carbons (Fsp3) is 0.857. The van der Waals surface area contributed by atoms with Crippen molar-refractivity contribution in [1.82, 2.24) is 4.90 Å².